The van der Waals surface area contributed by atoms with Crippen LogP contribution in [-0.2, 0) is 5.92 Å². The third-order valence-corrected chi connectivity index (χ3v) is 3.81. The second-order valence-electron chi connectivity index (χ2n) is 5.06. The maximum atomic E-state index is 13.8. The van der Waals surface area contributed by atoms with Gasteiger partial charge in [0.05, 0.1) is 11.6 Å². The third kappa shape index (κ3) is 3.23. The van der Waals surface area contributed by atoms with E-state index in [4.69, 9.17) is 5.26 Å². The van der Waals surface area contributed by atoms with Gasteiger partial charge >= 0.3 is 34.4 Å². The quantitative estimate of drug-likeness (QED) is 0.351. The van der Waals surface area contributed by atoms with Crippen molar-refractivity contribution in [3.05, 3.63) is 35.4 Å². The Balaban J connectivity index is 3.55. The smallest absolute Gasteiger partial charge is 0.194 e. The van der Waals surface area contributed by atoms with Gasteiger partial charge < -0.3 is 0 Å². The third-order valence-electron chi connectivity index (χ3n) is 3.31. The lowest BCUT2D eigenvalue weighted by molar-refractivity contribution is -0.418. The fraction of sp³-hybridized carbons (Fsp3) is 0.462. The van der Waals surface area contributed by atoms with Crippen LogP contribution in [0.2, 0.25) is 0 Å². The molecule has 0 N–H and O–H groups in total. The molecule has 1 nitrogen and oxygen atoms in total. The Bertz CT molecular complexity index is 729. The molecule has 1 aromatic rings. The Morgan fingerprint density at radius 1 is 0.630 bits per heavy atom. The van der Waals surface area contributed by atoms with Gasteiger partial charge in [-0.05, 0) is 28.1 Å². The van der Waals surface area contributed by atoms with E-state index in [2.05, 4.69) is 0 Å². The van der Waals surface area contributed by atoms with Crippen molar-refractivity contribution in [1.29, 1.82) is 5.26 Å². The number of nitriles is 1. The van der Waals surface area contributed by atoms with Crippen LogP contribution in [0, 0.1) is 11.3 Å². The van der Waals surface area contributed by atoms with E-state index >= 15 is 0 Å². The van der Waals surface area contributed by atoms with E-state index < -0.39 is 45.6 Å². The molecule has 0 radical (unpaired) electrons. The summed E-state index contributed by atoms with van der Waals surface area (Å²) in [6.07, 6.45) is 0. The highest BCUT2D eigenvalue weighted by atomic mass is 79.9. The number of hydrogen-bond acceptors (Lipinski definition) is 1. The molecule has 1 aromatic carbocycles. The first-order chi connectivity index (χ1) is 11.8. The first-order valence-electron chi connectivity index (χ1n) is 6.25. The van der Waals surface area contributed by atoms with Crippen LogP contribution in [0.15, 0.2) is 24.3 Å². The van der Waals surface area contributed by atoms with Crippen molar-refractivity contribution in [2.75, 3.05) is 0 Å². The van der Waals surface area contributed by atoms with Crippen molar-refractivity contribution in [2.45, 2.75) is 34.4 Å². The second kappa shape index (κ2) is 6.46. The molecule has 152 valence electrons. The zero-order valence-corrected chi connectivity index (χ0v) is 13.8. The summed E-state index contributed by atoms with van der Waals surface area (Å²) in [6, 6.07) is 2.17. The summed E-state index contributed by atoms with van der Waals surface area (Å²) in [5.74, 6) is -35.8. The summed E-state index contributed by atoms with van der Waals surface area (Å²) in [5, 5.41) is 8.43. The monoisotopic (exact) mass is 481 g/mol. The molecular formula is C13H4BrF12N. The van der Waals surface area contributed by atoms with Crippen LogP contribution >= 0.6 is 15.9 Å². The van der Waals surface area contributed by atoms with Gasteiger partial charge in [0.1, 0.15) is 0 Å². The minimum absolute atomic E-state index is 0.0160. The van der Waals surface area contributed by atoms with Crippen LogP contribution in [0.5, 0.6) is 0 Å². The first kappa shape index (κ1) is 23.4. The minimum atomic E-state index is -7.63. The Labute approximate surface area is 150 Å². The van der Waals surface area contributed by atoms with Crippen LogP contribution in [0.25, 0.3) is 0 Å². The molecule has 0 atom stereocenters. The van der Waals surface area contributed by atoms with Gasteiger partial charge in [-0.1, -0.05) is 12.1 Å². The predicted molar refractivity (Wildman–Crippen MR) is 68.7 cm³/mol. The van der Waals surface area contributed by atoms with Gasteiger partial charge in [-0.25, -0.2) is 0 Å². The molecule has 1 rings (SSSR count). The number of benzene rings is 1. The van der Waals surface area contributed by atoms with Crippen molar-refractivity contribution in [1.82, 2.24) is 0 Å². The van der Waals surface area contributed by atoms with Crippen molar-refractivity contribution in [2.24, 2.45) is 0 Å². The zero-order chi connectivity index (χ0) is 21.7. The Morgan fingerprint density at radius 2 is 1.00 bits per heavy atom. The fourth-order valence-corrected chi connectivity index (χ4v) is 1.95. The highest BCUT2D eigenvalue weighted by Gasteiger charge is 2.90. The number of nitrogens with zero attached hydrogens (tertiary/aromatic N) is 1. The molecule has 0 amide bonds. The van der Waals surface area contributed by atoms with Crippen LogP contribution in [0.3, 0.4) is 0 Å². The maximum Gasteiger partial charge on any atom is 0.388 e. The summed E-state index contributed by atoms with van der Waals surface area (Å²) in [7, 11) is 0. The lowest BCUT2D eigenvalue weighted by Gasteiger charge is -2.40. The summed E-state index contributed by atoms with van der Waals surface area (Å²) in [4.78, 5) is -6.13. The molecule has 0 aliphatic rings. The van der Waals surface area contributed by atoms with E-state index in [-0.39, 0.29) is 12.1 Å². The van der Waals surface area contributed by atoms with E-state index in [1.807, 2.05) is 0 Å². The lowest BCUT2D eigenvalue weighted by atomic mass is 9.90. The number of hydrogen-bond donors (Lipinski definition) is 0. The van der Waals surface area contributed by atoms with Crippen LogP contribution in [0.4, 0.5) is 52.7 Å². The van der Waals surface area contributed by atoms with Crippen molar-refractivity contribution in [3.63, 3.8) is 0 Å². The molecule has 0 bridgehead atoms. The minimum Gasteiger partial charge on any atom is -0.194 e. The molecule has 0 aromatic heterocycles. The molecule has 0 saturated carbocycles. The SMILES string of the molecule is N#Cc1ccc(C(F)(F)C(F)(F)C(F)(F)C(F)(F)C(F)(F)C(F)(F)Br)cc1. The molecule has 0 fully saturated rings. The predicted octanol–water partition coefficient (Wildman–Crippen LogP) is 6.18. The molecule has 0 saturated heterocycles. The topological polar surface area (TPSA) is 23.8 Å². The molecule has 0 aliphatic heterocycles. The van der Waals surface area contributed by atoms with Gasteiger partial charge in [-0.3, -0.25) is 0 Å². The summed E-state index contributed by atoms with van der Waals surface area (Å²) in [6.45, 7) is 0. The van der Waals surface area contributed by atoms with Crippen LogP contribution in [0.1, 0.15) is 11.1 Å². The van der Waals surface area contributed by atoms with E-state index in [0.717, 1.165) is 0 Å². The van der Waals surface area contributed by atoms with Gasteiger partial charge in [-0.15, -0.1) is 0 Å². The van der Waals surface area contributed by atoms with Crippen LogP contribution < -0.4 is 0 Å². The second-order valence-corrected chi connectivity index (χ2v) is 6.05. The molecular weight excluding hydrogens is 478 g/mol. The van der Waals surface area contributed by atoms with Crippen LogP contribution in [-0.4, -0.2) is 28.5 Å². The largest absolute Gasteiger partial charge is 0.388 e. The summed E-state index contributed by atoms with van der Waals surface area (Å²) < 4.78 is 159. The van der Waals surface area contributed by atoms with Gasteiger partial charge in [-0.2, -0.15) is 57.9 Å². The molecule has 0 aliphatic carbocycles. The lowest BCUT2D eigenvalue weighted by Crippen LogP contribution is -2.69. The molecule has 0 heterocycles. The molecule has 14 heteroatoms. The van der Waals surface area contributed by atoms with Gasteiger partial charge in [0.25, 0.3) is 0 Å². The Hall–Kier alpha value is -1.65. The number of alkyl halides is 13. The van der Waals surface area contributed by atoms with E-state index in [1.165, 1.54) is 6.07 Å². The maximum absolute atomic E-state index is 13.8. The Morgan fingerprint density at radius 3 is 1.33 bits per heavy atom. The average Bonchev–Trinajstić information content (AvgIpc) is 2.53. The number of halogens is 13. The summed E-state index contributed by atoms with van der Waals surface area (Å²) >= 11 is 0.647. The van der Waals surface area contributed by atoms with Gasteiger partial charge in [0, 0.05) is 5.56 Å². The van der Waals surface area contributed by atoms with E-state index in [9.17, 15) is 52.7 Å². The summed E-state index contributed by atoms with van der Waals surface area (Å²) in [5.41, 5.74) is -2.46. The van der Waals surface area contributed by atoms with E-state index in [0.29, 0.717) is 28.1 Å². The van der Waals surface area contributed by atoms with Crippen molar-refractivity contribution in [3.8, 4) is 6.07 Å². The highest BCUT2D eigenvalue weighted by molar-refractivity contribution is 9.10. The van der Waals surface area contributed by atoms with Gasteiger partial charge in [0.15, 0.2) is 0 Å². The molecule has 27 heavy (non-hydrogen) atoms. The standard InChI is InChI=1S/C13H4BrF12N/c14-13(25,26)12(23,24)11(21,22)10(19,20)9(17,18)8(15,16)7-3-1-6(5-27)2-4-7/h1-4H. The fourth-order valence-electron chi connectivity index (χ4n) is 1.70. The average molecular weight is 482 g/mol. The van der Waals surface area contributed by atoms with Gasteiger partial charge in [0.2, 0.25) is 0 Å². The molecule has 0 spiro atoms. The highest BCUT2D eigenvalue weighted by Crippen LogP contribution is 2.62. The number of rotatable bonds is 6. The van der Waals surface area contributed by atoms with E-state index in [1.54, 1.807) is 0 Å². The molecule has 0 unspecified atom stereocenters. The first-order valence-corrected chi connectivity index (χ1v) is 7.04. The van der Waals surface area contributed by atoms with Crippen molar-refractivity contribution < 1.29 is 52.7 Å². The zero-order valence-electron chi connectivity index (χ0n) is 12.2. The Kier molecular flexibility index (Phi) is 5.59. The van der Waals surface area contributed by atoms with Crippen molar-refractivity contribution >= 4 is 15.9 Å². The normalized spacial score (nSPS) is 14.8.